The molecule has 3 aromatic rings. The minimum absolute atomic E-state index is 0.0415. The van der Waals surface area contributed by atoms with Crippen molar-refractivity contribution in [3.05, 3.63) is 65.9 Å². The Hall–Kier alpha value is -3.95. The molecule has 4 N–H and O–H groups in total. The van der Waals surface area contributed by atoms with Gasteiger partial charge in [-0.3, -0.25) is 14.3 Å². The second-order valence-electron chi connectivity index (χ2n) is 7.56. The van der Waals surface area contributed by atoms with E-state index >= 15 is 0 Å². The molecule has 10 heteroatoms. The van der Waals surface area contributed by atoms with Crippen LogP contribution in [0.2, 0.25) is 0 Å². The number of nitrogens with one attached hydrogen (secondary N) is 2. The van der Waals surface area contributed by atoms with Gasteiger partial charge in [-0.2, -0.15) is 5.10 Å². The second kappa shape index (κ2) is 9.46. The van der Waals surface area contributed by atoms with Gasteiger partial charge in [0.1, 0.15) is 12.4 Å². The van der Waals surface area contributed by atoms with E-state index in [1.165, 1.54) is 6.07 Å². The van der Waals surface area contributed by atoms with Crippen molar-refractivity contribution >= 4 is 29.0 Å². The summed E-state index contributed by atoms with van der Waals surface area (Å²) in [6.45, 7) is 1.98. The van der Waals surface area contributed by atoms with Gasteiger partial charge in [-0.1, -0.05) is 18.2 Å². The van der Waals surface area contributed by atoms with Crippen molar-refractivity contribution in [1.82, 2.24) is 19.7 Å². The Labute approximate surface area is 184 Å². The van der Waals surface area contributed by atoms with E-state index in [4.69, 9.17) is 5.73 Å². The van der Waals surface area contributed by atoms with E-state index < -0.39 is 11.7 Å². The van der Waals surface area contributed by atoms with E-state index in [0.29, 0.717) is 22.6 Å². The molecule has 1 aromatic carbocycles. The second-order valence-corrected chi connectivity index (χ2v) is 7.56. The van der Waals surface area contributed by atoms with E-state index in [1.54, 1.807) is 41.3 Å². The summed E-state index contributed by atoms with van der Waals surface area (Å²) in [5.74, 6) is -0.624. The summed E-state index contributed by atoms with van der Waals surface area (Å²) in [6.07, 6.45) is 6.47. The van der Waals surface area contributed by atoms with E-state index in [2.05, 4.69) is 20.7 Å². The Balaban J connectivity index is 1.40. The fourth-order valence-electron chi connectivity index (χ4n) is 3.62. The van der Waals surface area contributed by atoms with Gasteiger partial charge in [-0.05, 0) is 24.5 Å². The van der Waals surface area contributed by atoms with Crippen molar-refractivity contribution in [1.29, 1.82) is 0 Å². The number of aromatic nitrogens is 3. The maximum absolute atomic E-state index is 14.3. The number of benzene rings is 1. The lowest BCUT2D eigenvalue weighted by Crippen LogP contribution is -2.31. The molecule has 0 spiro atoms. The van der Waals surface area contributed by atoms with Crippen LogP contribution in [0.5, 0.6) is 0 Å². The van der Waals surface area contributed by atoms with Gasteiger partial charge in [-0.15, -0.1) is 0 Å². The summed E-state index contributed by atoms with van der Waals surface area (Å²) in [4.78, 5) is 29.7. The number of carbonyl (C=O) groups excluding carboxylic acids is 2. The normalized spacial score (nSPS) is 13.2. The molecule has 0 saturated carbocycles. The molecule has 0 aliphatic carbocycles. The van der Waals surface area contributed by atoms with Crippen LogP contribution < -0.4 is 16.4 Å². The molecule has 4 rings (SSSR count). The van der Waals surface area contributed by atoms with Crippen molar-refractivity contribution in [2.45, 2.75) is 25.9 Å². The number of primary amides is 1. The highest BCUT2D eigenvalue weighted by Crippen LogP contribution is 2.22. The number of nitrogens with zero attached hydrogens (tertiary/aromatic N) is 4. The molecule has 1 saturated heterocycles. The average Bonchev–Trinajstić information content (AvgIpc) is 3.47. The number of rotatable bonds is 8. The third kappa shape index (κ3) is 5.02. The van der Waals surface area contributed by atoms with Crippen molar-refractivity contribution in [3.8, 4) is 0 Å². The van der Waals surface area contributed by atoms with Crippen LogP contribution >= 0.6 is 0 Å². The Kier molecular flexibility index (Phi) is 6.29. The Morgan fingerprint density at radius 1 is 1.16 bits per heavy atom. The fourth-order valence-corrected chi connectivity index (χ4v) is 3.62. The highest BCUT2D eigenvalue weighted by atomic mass is 19.1. The Morgan fingerprint density at radius 2 is 1.94 bits per heavy atom. The highest BCUT2D eigenvalue weighted by Gasteiger charge is 2.18. The maximum Gasteiger partial charge on any atom is 0.249 e. The molecule has 32 heavy (non-hydrogen) atoms. The average molecular weight is 437 g/mol. The molecule has 0 bridgehead atoms. The largest absolute Gasteiger partial charge is 0.378 e. The van der Waals surface area contributed by atoms with Crippen molar-refractivity contribution in [3.63, 3.8) is 0 Å². The van der Waals surface area contributed by atoms with Gasteiger partial charge < -0.3 is 21.3 Å². The lowest BCUT2D eigenvalue weighted by Gasteiger charge is -2.14. The fraction of sp³-hybridized carbons (Fsp3) is 0.273. The van der Waals surface area contributed by atoms with Crippen molar-refractivity contribution < 1.29 is 14.0 Å². The van der Waals surface area contributed by atoms with Crippen LogP contribution in [0.25, 0.3) is 0 Å². The zero-order valence-electron chi connectivity index (χ0n) is 17.4. The van der Waals surface area contributed by atoms with E-state index in [9.17, 15) is 14.0 Å². The zero-order valence-corrected chi connectivity index (χ0v) is 17.4. The molecular formula is C22H24FN7O2. The minimum atomic E-state index is -0.541. The van der Waals surface area contributed by atoms with Crippen LogP contribution in [0.3, 0.4) is 0 Å². The van der Waals surface area contributed by atoms with Crippen LogP contribution in [0, 0.1) is 5.82 Å². The third-order valence-electron chi connectivity index (χ3n) is 5.27. The number of carbonyl (C=O) groups is 2. The van der Waals surface area contributed by atoms with Gasteiger partial charge in [0.2, 0.25) is 11.8 Å². The maximum atomic E-state index is 14.3. The summed E-state index contributed by atoms with van der Waals surface area (Å²) >= 11 is 0. The molecular weight excluding hydrogens is 413 g/mol. The number of hydrogen-bond donors (Lipinski definition) is 3. The first kappa shape index (κ1) is 21.3. The summed E-state index contributed by atoms with van der Waals surface area (Å²) in [5.41, 5.74) is 7.29. The molecule has 2 amide bonds. The Morgan fingerprint density at radius 3 is 2.72 bits per heavy atom. The topological polar surface area (TPSA) is 118 Å². The van der Waals surface area contributed by atoms with Gasteiger partial charge in [0.05, 0.1) is 23.8 Å². The number of hydrogen-bond acceptors (Lipinski definition) is 6. The van der Waals surface area contributed by atoms with Crippen LogP contribution in [0.4, 0.5) is 21.6 Å². The number of likely N-dealkylation sites (tertiary alicyclic amines) is 1. The third-order valence-corrected chi connectivity index (χ3v) is 5.27. The van der Waals surface area contributed by atoms with Crippen molar-refractivity contribution in [2.24, 2.45) is 5.73 Å². The molecule has 166 valence electrons. The molecule has 9 nitrogen and oxygen atoms in total. The quantitative estimate of drug-likeness (QED) is 0.498. The molecule has 2 aromatic heterocycles. The van der Waals surface area contributed by atoms with Crippen LogP contribution in [-0.4, -0.2) is 44.6 Å². The molecule has 0 atom stereocenters. The zero-order chi connectivity index (χ0) is 22.5. The first-order chi connectivity index (χ1) is 15.5. The summed E-state index contributed by atoms with van der Waals surface area (Å²) in [7, 11) is 0. The molecule has 0 unspecified atom stereocenters. The number of pyridine rings is 1. The smallest absolute Gasteiger partial charge is 0.249 e. The molecule has 3 heterocycles. The number of halogens is 1. The predicted molar refractivity (Wildman–Crippen MR) is 118 cm³/mol. The predicted octanol–water partition coefficient (Wildman–Crippen LogP) is 2.49. The van der Waals surface area contributed by atoms with Crippen LogP contribution in [-0.2, 0) is 17.9 Å². The van der Waals surface area contributed by atoms with Gasteiger partial charge >= 0.3 is 0 Å². The summed E-state index contributed by atoms with van der Waals surface area (Å²) < 4.78 is 15.8. The SMILES string of the molecule is NC(=O)c1ccccc1CNc1cc(Nc2cnn(CC(=O)N3CCCC3)c2)ncc1F. The lowest BCUT2D eigenvalue weighted by molar-refractivity contribution is -0.130. The first-order valence-corrected chi connectivity index (χ1v) is 10.3. The van der Waals surface area contributed by atoms with Crippen LogP contribution in [0.1, 0.15) is 28.8 Å². The van der Waals surface area contributed by atoms with Crippen molar-refractivity contribution in [2.75, 3.05) is 23.7 Å². The van der Waals surface area contributed by atoms with Gasteiger partial charge in [0.25, 0.3) is 0 Å². The minimum Gasteiger partial charge on any atom is -0.378 e. The van der Waals surface area contributed by atoms with E-state index in [-0.39, 0.29) is 24.7 Å². The standard InChI is InChI=1S/C22H24FN7O2/c23-18-12-26-20(9-19(18)25-10-15-5-1-2-6-17(15)22(24)32)28-16-11-27-30(13-16)14-21(31)29-7-3-4-8-29/h1-2,5-6,9,11-13H,3-4,7-8,10,14H2,(H2,24,32)(H2,25,26,28). The highest BCUT2D eigenvalue weighted by molar-refractivity contribution is 5.94. The number of amides is 2. The van der Waals surface area contributed by atoms with Gasteiger partial charge in [-0.25, -0.2) is 9.37 Å². The first-order valence-electron chi connectivity index (χ1n) is 10.3. The molecule has 1 aliphatic rings. The Bertz CT molecular complexity index is 1120. The summed E-state index contributed by atoms with van der Waals surface area (Å²) in [5, 5.41) is 10.3. The summed E-state index contributed by atoms with van der Waals surface area (Å²) in [6, 6.07) is 8.41. The number of nitrogens with two attached hydrogens (primary N) is 1. The van der Waals surface area contributed by atoms with Crippen LogP contribution in [0.15, 0.2) is 48.9 Å². The monoisotopic (exact) mass is 437 g/mol. The lowest BCUT2D eigenvalue weighted by atomic mass is 10.1. The molecule has 0 radical (unpaired) electrons. The number of anilines is 3. The molecule has 1 fully saturated rings. The van der Waals surface area contributed by atoms with Gasteiger partial charge in [0.15, 0.2) is 5.82 Å². The van der Waals surface area contributed by atoms with E-state index in [0.717, 1.165) is 32.1 Å². The van der Waals surface area contributed by atoms with Gasteiger partial charge in [0, 0.05) is 37.5 Å². The van der Waals surface area contributed by atoms with E-state index in [1.807, 2.05) is 4.90 Å². The molecule has 1 aliphatic heterocycles.